The van der Waals surface area contributed by atoms with E-state index in [2.05, 4.69) is 36.7 Å². The predicted octanol–water partition coefficient (Wildman–Crippen LogP) is 4.07. The summed E-state index contributed by atoms with van der Waals surface area (Å²) in [5.74, 6) is 0.0159. The van der Waals surface area contributed by atoms with Crippen LogP contribution in [0.5, 0.6) is 5.75 Å². The molecule has 0 heterocycles. The Hall–Kier alpha value is -2.34. The van der Waals surface area contributed by atoms with Crippen molar-refractivity contribution in [3.8, 4) is 5.75 Å². The maximum atomic E-state index is 12.7. The van der Waals surface area contributed by atoms with Gasteiger partial charge < -0.3 is 15.4 Å². The molecule has 2 N–H and O–H groups in total. The fourth-order valence-electron chi connectivity index (χ4n) is 2.83. The van der Waals surface area contributed by atoms with Gasteiger partial charge in [0.15, 0.2) is 6.61 Å². The third-order valence-electron chi connectivity index (χ3n) is 4.64. The van der Waals surface area contributed by atoms with Gasteiger partial charge in [0.2, 0.25) is 5.91 Å². The topological polar surface area (TPSA) is 72.6 Å². The predicted molar refractivity (Wildman–Crippen MR) is 119 cm³/mol. The number of nitrogens with zero attached hydrogens (tertiary/aromatic N) is 1. The first-order valence-corrected chi connectivity index (χ1v) is 10.5. The highest BCUT2D eigenvalue weighted by atomic mass is 79.9. The van der Waals surface area contributed by atoms with Crippen molar-refractivity contribution in [1.82, 2.24) is 4.90 Å². The van der Waals surface area contributed by atoms with Crippen molar-refractivity contribution in [2.45, 2.75) is 39.0 Å². The summed E-state index contributed by atoms with van der Waals surface area (Å²) in [6.07, 6.45) is 0.833. The summed E-state index contributed by atoms with van der Waals surface area (Å²) in [7, 11) is 0. The zero-order valence-electron chi connectivity index (χ0n) is 17.3. The highest BCUT2D eigenvalue weighted by Crippen LogP contribution is 2.31. The number of rotatable bonds is 9. The van der Waals surface area contributed by atoms with Gasteiger partial charge in [0.05, 0.1) is 4.47 Å². The highest BCUT2D eigenvalue weighted by Gasteiger charge is 2.18. The molecule has 0 saturated carbocycles. The van der Waals surface area contributed by atoms with Gasteiger partial charge in [-0.25, -0.2) is 0 Å². The van der Waals surface area contributed by atoms with E-state index in [1.54, 1.807) is 4.90 Å². The second kappa shape index (κ2) is 10.4. The van der Waals surface area contributed by atoms with Crippen LogP contribution in [0.4, 0.5) is 0 Å². The van der Waals surface area contributed by atoms with Crippen molar-refractivity contribution in [2.75, 3.05) is 19.7 Å². The van der Waals surface area contributed by atoms with Crippen molar-refractivity contribution >= 4 is 27.7 Å². The molecular weight excluding hydrogens is 432 g/mol. The molecule has 6 heteroatoms. The van der Waals surface area contributed by atoms with Crippen LogP contribution in [0, 0.1) is 0 Å². The van der Waals surface area contributed by atoms with Gasteiger partial charge in [0.25, 0.3) is 5.91 Å². The van der Waals surface area contributed by atoms with E-state index in [0.29, 0.717) is 18.7 Å². The van der Waals surface area contributed by atoms with Crippen molar-refractivity contribution in [3.05, 3.63) is 64.1 Å². The molecule has 0 spiro atoms. The van der Waals surface area contributed by atoms with E-state index >= 15 is 0 Å². The van der Waals surface area contributed by atoms with E-state index in [1.807, 2.05) is 48.5 Å². The first-order chi connectivity index (χ1) is 13.7. The Morgan fingerprint density at radius 2 is 1.76 bits per heavy atom. The molecular formula is C23H29BrN2O3. The number of carbonyl (C=O) groups is 2. The van der Waals surface area contributed by atoms with E-state index in [9.17, 15) is 9.59 Å². The van der Waals surface area contributed by atoms with Gasteiger partial charge in [-0.15, -0.1) is 0 Å². The molecule has 0 aliphatic heterocycles. The van der Waals surface area contributed by atoms with Gasteiger partial charge in [-0.2, -0.15) is 0 Å². The Labute approximate surface area is 181 Å². The van der Waals surface area contributed by atoms with Crippen LogP contribution in [0.1, 0.15) is 38.3 Å². The zero-order valence-corrected chi connectivity index (χ0v) is 18.9. The van der Waals surface area contributed by atoms with Crippen molar-refractivity contribution < 1.29 is 14.3 Å². The van der Waals surface area contributed by atoms with Gasteiger partial charge in [0, 0.05) is 19.5 Å². The molecule has 2 aromatic rings. The van der Waals surface area contributed by atoms with Crippen LogP contribution in [0.15, 0.2) is 53.0 Å². The lowest BCUT2D eigenvalue weighted by atomic mass is 9.87. The Kier molecular flexibility index (Phi) is 8.26. The fourth-order valence-corrected chi connectivity index (χ4v) is 3.32. The maximum absolute atomic E-state index is 12.7. The Bertz CT molecular complexity index is 832. The summed E-state index contributed by atoms with van der Waals surface area (Å²) in [6.45, 7) is 7.12. The van der Waals surface area contributed by atoms with E-state index < -0.39 is 5.91 Å². The monoisotopic (exact) mass is 460 g/mol. The fraction of sp³-hybridized carbons (Fsp3) is 0.391. The molecule has 0 radical (unpaired) electrons. The standard InChI is InChI=1S/C23H29BrN2O3/c1-23(2,3)18-9-10-20(19(24)15-18)29-16-22(28)26(14-12-21(25)27)13-11-17-7-5-4-6-8-17/h4-10,15H,11-14,16H2,1-3H3,(H2,25,27). The second-order valence-corrected chi connectivity index (χ2v) is 8.87. The van der Waals surface area contributed by atoms with Crippen LogP contribution in [0.25, 0.3) is 0 Å². The number of halogens is 1. The summed E-state index contributed by atoms with van der Waals surface area (Å²) in [5, 5.41) is 0. The third-order valence-corrected chi connectivity index (χ3v) is 5.26. The third kappa shape index (κ3) is 7.54. The molecule has 2 amide bonds. The molecule has 0 fully saturated rings. The van der Waals surface area contributed by atoms with Crippen LogP contribution in [-0.2, 0) is 21.4 Å². The van der Waals surface area contributed by atoms with Gasteiger partial charge in [-0.3, -0.25) is 9.59 Å². The number of amides is 2. The molecule has 0 saturated heterocycles. The molecule has 0 bridgehead atoms. The lowest BCUT2D eigenvalue weighted by Crippen LogP contribution is -2.38. The van der Waals surface area contributed by atoms with Crippen LogP contribution in [-0.4, -0.2) is 36.4 Å². The average Bonchev–Trinajstić information content (AvgIpc) is 2.66. The maximum Gasteiger partial charge on any atom is 0.260 e. The Morgan fingerprint density at radius 3 is 2.34 bits per heavy atom. The number of carbonyl (C=O) groups excluding carboxylic acids is 2. The van der Waals surface area contributed by atoms with Crippen molar-refractivity contribution in [2.24, 2.45) is 5.73 Å². The molecule has 29 heavy (non-hydrogen) atoms. The van der Waals surface area contributed by atoms with Crippen LogP contribution in [0.3, 0.4) is 0 Å². The van der Waals surface area contributed by atoms with E-state index in [-0.39, 0.29) is 30.9 Å². The summed E-state index contributed by atoms with van der Waals surface area (Å²) in [5.41, 5.74) is 7.60. The van der Waals surface area contributed by atoms with Crippen LogP contribution >= 0.6 is 15.9 Å². The molecule has 2 rings (SSSR count). The van der Waals surface area contributed by atoms with Gasteiger partial charge in [0.1, 0.15) is 5.75 Å². The summed E-state index contributed by atoms with van der Waals surface area (Å²) >= 11 is 3.53. The molecule has 5 nitrogen and oxygen atoms in total. The number of ether oxygens (including phenoxy) is 1. The molecule has 156 valence electrons. The lowest BCUT2D eigenvalue weighted by molar-refractivity contribution is -0.133. The Morgan fingerprint density at radius 1 is 1.07 bits per heavy atom. The lowest BCUT2D eigenvalue weighted by Gasteiger charge is -2.23. The number of primary amides is 1. The van der Waals surface area contributed by atoms with Crippen LogP contribution in [0.2, 0.25) is 0 Å². The number of benzene rings is 2. The number of nitrogens with two attached hydrogens (primary N) is 1. The molecule has 0 aliphatic carbocycles. The van der Waals surface area contributed by atoms with Gasteiger partial charge >= 0.3 is 0 Å². The van der Waals surface area contributed by atoms with Crippen LogP contribution < -0.4 is 10.5 Å². The summed E-state index contributed by atoms with van der Waals surface area (Å²) < 4.78 is 6.56. The van der Waals surface area contributed by atoms with E-state index in [0.717, 1.165) is 10.0 Å². The highest BCUT2D eigenvalue weighted by molar-refractivity contribution is 9.10. The number of hydrogen-bond donors (Lipinski definition) is 1. The van der Waals surface area contributed by atoms with Gasteiger partial charge in [-0.1, -0.05) is 57.2 Å². The van der Waals surface area contributed by atoms with E-state index in [4.69, 9.17) is 10.5 Å². The van der Waals surface area contributed by atoms with Crippen molar-refractivity contribution in [1.29, 1.82) is 0 Å². The Balaban J connectivity index is 2.00. The van der Waals surface area contributed by atoms with Gasteiger partial charge in [-0.05, 0) is 51.0 Å². The minimum Gasteiger partial charge on any atom is -0.483 e. The first-order valence-electron chi connectivity index (χ1n) is 9.69. The van der Waals surface area contributed by atoms with E-state index in [1.165, 1.54) is 5.56 Å². The zero-order chi connectivity index (χ0) is 21.4. The SMILES string of the molecule is CC(C)(C)c1ccc(OCC(=O)N(CCC(N)=O)CCc2ccccc2)c(Br)c1. The number of hydrogen-bond acceptors (Lipinski definition) is 3. The minimum absolute atomic E-state index is 0.0276. The summed E-state index contributed by atoms with van der Waals surface area (Å²) in [4.78, 5) is 25.5. The quantitative estimate of drug-likeness (QED) is 0.612. The molecule has 0 aliphatic rings. The molecule has 0 unspecified atom stereocenters. The first kappa shape index (κ1) is 22.9. The largest absolute Gasteiger partial charge is 0.483 e. The molecule has 0 atom stereocenters. The molecule has 2 aromatic carbocycles. The normalized spacial score (nSPS) is 11.2. The smallest absolute Gasteiger partial charge is 0.260 e. The van der Waals surface area contributed by atoms with Crippen molar-refractivity contribution in [3.63, 3.8) is 0 Å². The minimum atomic E-state index is -0.427. The second-order valence-electron chi connectivity index (χ2n) is 8.02. The average molecular weight is 461 g/mol. The summed E-state index contributed by atoms with van der Waals surface area (Å²) in [6, 6.07) is 15.8. The molecule has 0 aromatic heterocycles.